The van der Waals surface area contributed by atoms with Crippen LogP contribution < -0.4 is 4.90 Å². The van der Waals surface area contributed by atoms with Gasteiger partial charge in [0.05, 0.1) is 13.2 Å². The molecule has 2 rings (SSSR count). The molecule has 0 aliphatic carbocycles. The van der Waals surface area contributed by atoms with Gasteiger partial charge in [0.2, 0.25) is 0 Å². The minimum Gasteiger partial charge on any atom is -0.392 e. The van der Waals surface area contributed by atoms with E-state index in [9.17, 15) is 0 Å². The van der Waals surface area contributed by atoms with Crippen molar-refractivity contribution in [3.05, 3.63) is 35.0 Å². The van der Waals surface area contributed by atoms with Crippen molar-refractivity contribution >= 4 is 5.82 Å². The third-order valence-electron chi connectivity index (χ3n) is 3.31. The molecular formula is C14H20N2O2. The number of methoxy groups -OCH3 is 1. The van der Waals surface area contributed by atoms with E-state index in [0.717, 1.165) is 43.2 Å². The molecule has 0 unspecified atom stereocenters. The van der Waals surface area contributed by atoms with Crippen LogP contribution in [0.2, 0.25) is 0 Å². The van der Waals surface area contributed by atoms with Crippen LogP contribution in [0.25, 0.3) is 0 Å². The molecule has 1 N–H and O–H groups in total. The predicted molar refractivity (Wildman–Crippen MR) is 71.7 cm³/mol. The average molecular weight is 248 g/mol. The SMILES string of the molecule is COCC1=CCN(c2ccc(CO)c(C)n2)CC1. The number of aliphatic hydroxyl groups is 1. The number of aliphatic hydroxyl groups excluding tert-OH is 1. The molecular weight excluding hydrogens is 228 g/mol. The molecule has 0 saturated heterocycles. The van der Waals surface area contributed by atoms with E-state index >= 15 is 0 Å². The monoisotopic (exact) mass is 248 g/mol. The van der Waals surface area contributed by atoms with Crippen molar-refractivity contribution in [2.24, 2.45) is 0 Å². The van der Waals surface area contributed by atoms with E-state index in [1.807, 2.05) is 19.1 Å². The highest BCUT2D eigenvalue weighted by molar-refractivity contribution is 5.43. The summed E-state index contributed by atoms with van der Waals surface area (Å²) in [4.78, 5) is 6.79. The van der Waals surface area contributed by atoms with Crippen molar-refractivity contribution in [3.63, 3.8) is 0 Å². The van der Waals surface area contributed by atoms with Crippen molar-refractivity contribution in [1.29, 1.82) is 0 Å². The van der Waals surface area contributed by atoms with Crippen LogP contribution in [0.5, 0.6) is 0 Å². The molecule has 4 heteroatoms. The van der Waals surface area contributed by atoms with Gasteiger partial charge in [0.1, 0.15) is 5.82 Å². The molecule has 18 heavy (non-hydrogen) atoms. The largest absolute Gasteiger partial charge is 0.392 e. The summed E-state index contributed by atoms with van der Waals surface area (Å²) in [5.41, 5.74) is 3.16. The standard InChI is InChI=1S/C14H20N2O2/c1-11-13(9-17)3-4-14(15-11)16-7-5-12(6-8-16)10-18-2/h3-5,17H,6-10H2,1-2H3. The first kappa shape index (κ1) is 13.1. The zero-order chi connectivity index (χ0) is 13.0. The number of rotatable bonds is 4. The van der Waals surface area contributed by atoms with Crippen LogP contribution in [0.3, 0.4) is 0 Å². The number of aryl methyl sites for hydroxylation is 1. The smallest absolute Gasteiger partial charge is 0.129 e. The van der Waals surface area contributed by atoms with Crippen LogP contribution in [0.15, 0.2) is 23.8 Å². The fourth-order valence-corrected chi connectivity index (χ4v) is 2.16. The minimum absolute atomic E-state index is 0.0526. The summed E-state index contributed by atoms with van der Waals surface area (Å²) in [6.45, 7) is 4.57. The second-order valence-corrected chi connectivity index (χ2v) is 4.56. The molecule has 0 spiro atoms. The highest BCUT2D eigenvalue weighted by Crippen LogP contribution is 2.19. The lowest BCUT2D eigenvalue weighted by Gasteiger charge is -2.27. The van der Waals surface area contributed by atoms with Gasteiger partial charge in [0.25, 0.3) is 0 Å². The molecule has 2 heterocycles. The van der Waals surface area contributed by atoms with Crippen molar-refractivity contribution in [1.82, 2.24) is 4.98 Å². The molecule has 1 aliphatic heterocycles. The summed E-state index contributed by atoms with van der Waals surface area (Å²) in [5, 5.41) is 9.14. The molecule has 0 radical (unpaired) electrons. The Labute approximate surface area is 108 Å². The Kier molecular flexibility index (Phi) is 4.33. The fourth-order valence-electron chi connectivity index (χ4n) is 2.16. The van der Waals surface area contributed by atoms with Gasteiger partial charge in [-0.2, -0.15) is 0 Å². The Morgan fingerprint density at radius 1 is 1.44 bits per heavy atom. The van der Waals surface area contributed by atoms with Crippen LogP contribution in [0.4, 0.5) is 5.82 Å². The van der Waals surface area contributed by atoms with Gasteiger partial charge in [-0.05, 0) is 30.5 Å². The van der Waals surface area contributed by atoms with Gasteiger partial charge in [0, 0.05) is 25.9 Å². The van der Waals surface area contributed by atoms with Crippen LogP contribution in [0, 0.1) is 6.92 Å². The van der Waals surface area contributed by atoms with E-state index in [1.165, 1.54) is 5.57 Å². The Balaban J connectivity index is 2.07. The number of aromatic nitrogens is 1. The zero-order valence-corrected chi connectivity index (χ0v) is 11.0. The first-order valence-electron chi connectivity index (χ1n) is 6.23. The average Bonchev–Trinajstić information content (AvgIpc) is 2.40. The first-order chi connectivity index (χ1) is 8.74. The van der Waals surface area contributed by atoms with Crippen LogP contribution in [-0.4, -0.2) is 36.9 Å². The van der Waals surface area contributed by atoms with E-state index in [-0.39, 0.29) is 6.61 Å². The third kappa shape index (κ3) is 2.89. The highest BCUT2D eigenvalue weighted by atomic mass is 16.5. The number of pyridine rings is 1. The second-order valence-electron chi connectivity index (χ2n) is 4.56. The summed E-state index contributed by atoms with van der Waals surface area (Å²) in [6.07, 6.45) is 3.24. The maximum atomic E-state index is 9.14. The highest BCUT2D eigenvalue weighted by Gasteiger charge is 2.13. The second kappa shape index (κ2) is 5.98. The van der Waals surface area contributed by atoms with Crippen LogP contribution in [-0.2, 0) is 11.3 Å². The molecule has 0 fully saturated rings. The van der Waals surface area contributed by atoms with Gasteiger partial charge in [-0.15, -0.1) is 0 Å². The van der Waals surface area contributed by atoms with Crippen molar-refractivity contribution in [3.8, 4) is 0 Å². The first-order valence-corrected chi connectivity index (χ1v) is 6.23. The topological polar surface area (TPSA) is 45.6 Å². The summed E-state index contributed by atoms with van der Waals surface area (Å²) in [6, 6.07) is 3.93. The lowest BCUT2D eigenvalue weighted by atomic mass is 10.1. The quantitative estimate of drug-likeness (QED) is 0.823. The molecule has 4 nitrogen and oxygen atoms in total. The Hall–Kier alpha value is -1.39. The lowest BCUT2D eigenvalue weighted by Crippen LogP contribution is -2.30. The number of anilines is 1. The van der Waals surface area contributed by atoms with Crippen LogP contribution >= 0.6 is 0 Å². The Morgan fingerprint density at radius 2 is 2.28 bits per heavy atom. The van der Waals surface area contributed by atoms with Gasteiger partial charge >= 0.3 is 0 Å². The number of hydrogen-bond donors (Lipinski definition) is 1. The van der Waals surface area contributed by atoms with E-state index in [4.69, 9.17) is 9.84 Å². The fraction of sp³-hybridized carbons (Fsp3) is 0.500. The van der Waals surface area contributed by atoms with Crippen molar-refractivity contribution in [2.45, 2.75) is 20.0 Å². The lowest BCUT2D eigenvalue weighted by molar-refractivity contribution is 0.222. The molecule has 1 aliphatic rings. The molecule has 1 aromatic heterocycles. The molecule has 0 aromatic carbocycles. The Bertz CT molecular complexity index is 443. The van der Waals surface area contributed by atoms with Gasteiger partial charge in [0.15, 0.2) is 0 Å². The molecule has 0 amide bonds. The van der Waals surface area contributed by atoms with E-state index in [0.29, 0.717) is 0 Å². The Morgan fingerprint density at radius 3 is 2.83 bits per heavy atom. The van der Waals surface area contributed by atoms with Crippen molar-refractivity contribution < 1.29 is 9.84 Å². The van der Waals surface area contributed by atoms with Gasteiger partial charge in [-0.1, -0.05) is 12.1 Å². The van der Waals surface area contributed by atoms with E-state index in [2.05, 4.69) is 16.0 Å². The van der Waals surface area contributed by atoms with E-state index < -0.39 is 0 Å². The summed E-state index contributed by atoms with van der Waals surface area (Å²) in [5.74, 6) is 0.984. The predicted octanol–water partition coefficient (Wildman–Crippen LogP) is 1.67. The number of nitrogens with zero attached hydrogens (tertiary/aromatic N) is 2. The maximum absolute atomic E-state index is 9.14. The van der Waals surface area contributed by atoms with E-state index in [1.54, 1.807) is 7.11 Å². The minimum atomic E-state index is 0.0526. The normalized spacial score (nSPS) is 15.7. The number of hydrogen-bond acceptors (Lipinski definition) is 4. The summed E-state index contributed by atoms with van der Waals surface area (Å²) < 4.78 is 5.14. The third-order valence-corrected chi connectivity index (χ3v) is 3.31. The molecule has 0 bridgehead atoms. The molecule has 0 atom stereocenters. The molecule has 0 saturated carbocycles. The summed E-state index contributed by atoms with van der Waals surface area (Å²) in [7, 11) is 1.73. The zero-order valence-electron chi connectivity index (χ0n) is 11.0. The molecule has 1 aromatic rings. The van der Waals surface area contributed by atoms with Gasteiger partial charge in [-0.3, -0.25) is 0 Å². The summed E-state index contributed by atoms with van der Waals surface area (Å²) >= 11 is 0. The van der Waals surface area contributed by atoms with Crippen LogP contribution in [0.1, 0.15) is 17.7 Å². The van der Waals surface area contributed by atoms with Gasteiger partial charge in [-0.25, -0.2) is 4.98 Å². The number of ether oxygens (including phenoxy) is 1. The maximum Gasteiger partial charge on any atom is 0.129 e. The van der Waals surface area contributed by atoms with Gasteiger partial charge < -0.3 is 14.7 Å². The van der Waals surface area contributed by atoms with Crippen molar-refractivity contribution in [2.75, 3.05) is 31.7 Å². The molecule has 98 valence electrons.